The third-order valence-corrected chi connectivity index (χ3v) is 7.37. The summed E-state index contributed by atoms with van der Waals surface area (Å²) in [7, 11) is 1.67. The lowest BCUT2D eigenvalue weighted by Gasteiger charge is -2.25. The molecule has 0 amide bonds. The number of carbonyl (C=O) groups excluding carboxylic acids is 1. The number of benzene rings is 3. The standard InChI is InChI=1S/C29H28N2O3S/c1-33-21-10-12-22(13-11-21)35-19-25-23-8-5-9-26(32)24(23)14-15-27(25)34-28(18-29-30-16-17-31-29)20-6-3-2-4-7-20/h2-4,6-7,10-17,28H,5,8-9,18-19H2,1H3,(H,30,31)/t28-/m0/s1. The van der Waals surface area contributed by atoms with Gasteiger partial charge >= 0.3 is 0 Å². The van der Waals surface area contributed by atoms with Crippen LogP contribution in [-0.4, -0.2) is 22.9 Å². The number of methoxy groups -OCH3 is 1. The number of fused-ring (bicyclic) bond motifs is 1. The fraction of sp³-hybridized carbons (Fsp3) is 0.241. The van der Waals surface area contributed by atoms with Gasteiger partial charge in [-0.15, -0.1) is 11.8 Å². The summed E-state index contributed by atoms with van der Waals surface area (Å²) in [6.07, 6.45) is 6.40. The van der Waals surface area contributed by atoms with Crippen molar-refractivity contribution in [2.45, 2.75) is 42.4 Å². The lowest BCUT2D eigenvalue weighted by Crippen LogP contribution is -2.16. The smallest absolute Gasteiger partial charge is 0.163 e. The van der Waals surface area contributed by atoms with Crippen molar-refractivity contribution in [3.63, 3.8) is 0 Å². The molecule has 1 aromatic heterocycles. The van der Waals surface area contributed by atoms with E-state index >= 15 is 0 Å². The van der Waals surface area contributed by atoms with Crippen LogP contribution in [0.25, 0.3) is 0 Å². The summed E-state index contributed by atoms with van der Waals surface area (Å²) >= 11 is 1.74. The molecule has 35 heavy (non-hydrogen) atoms. The highest BCUT2D eigenvalue weighted by molar-refractivity contribution is 7.98. The molecule has 3 aromatic carbocycles. The fourth-order valence-electron chi connectivity index (χ4n) is 4.51. The Morgan fingerprint density at radius 1 is 1.03 bits per heavy atom. The molecule has 0 saturated carbocycles. The third-order valence-electron chi connectivity index (χ3n) is 6.34. The van der Waals surface area contributed by atoms with Crippen molar-refractivity contribution in [3.8, 4) is 11.5 Å². The minimum atomic E-state index is -0.204. The molecule has 6 heteroatoms. The number of nitrogens with one attached hydrogen (secondary N) is 1. The Labute approximate surface area is 209 Å². The summed E-state index contributed by atoms with van der Waals surface area (Å²) in [5.74, 6) is 3.50. The van der Waals surface area contributed by atoms with E-state index in [2.05, 4.69) is 34.2 Å². The number of rotatable bonds is 9. The van der Waals surface area contributed by atoms with Gasteiger partial charge in [-0.05, 0) is 60.4 Å². The summed E-state index contributed by atoms with van der Waals surface area (Å²) in [6, 6.07) is 22.2. The first-order valence-electron chi connectivity index (χ1n) is 11.9. The van der Waals surface area contributed by atoms with Gasteiger partial charge in [-0.1, -0.05) is 30.3 Å². The summed E-state index contributed by atoms with van der Waals surface area (Å²) in [5, 5.41) is 0. The molecule has 1 N–H and O–H groups in total. The van der Waals surface area contributed by atoms with Gasteiger partial charge in [0.1, 0.15) is 23.4 Å². The maximum Gasteiger partial charge on any atom is 0.163 e. The van der Waals surface area contributed by atoms with Crippen molar-refractivity contribution in [1.82, 2.24) is 9.97 Å². The quantitative estimate of drug-likeness (QED) is 0.271. The number of ether oxygens (including phenoxy) is 2. The molecule has 0 spiro atoms. The van der Waals surface area contributed by atoms with Crippen molar-refractivity contribution in [2.75, 3.05) is 7.11 Å². The highest BCUT2D eigenvalue weighted by atomic mass is 32.2. The maximum atomic E-state index is 12.7. The average molecular weight is 485 g/mol. The number of ketones is 1. The van der Waals surface area contributed by atoms with Crippen LogP contribution < -0.4 is 9.47 Å². The molecule has 1 aliphatic rings. The molecule has 5 rings (SSSR count). The predicted molar refractivity (Wildman–Crippen MR) is 138 cm³/mol. The average Bonchev–Trinajstić information content (AvgIpc) is 3.42. The molecule has 5 nitrogen and oxygen atoms in total. The van der Waals surface area contributed by atoms with Crippen molar-refractivity contribution in [3.05, 3.63) is 107 Å². The summed E-state index contributed by atoms with van der Waals surface area (Å²) in [5.41, 5.74) is 4.17. The van der Waals surface area contributed by atoms with E-state index < -0.39 is 0 Å². The van der Waals surface area contributed by atoms with Gasteiger partial charge in [0.05, 0.1) is 7.11 Å². The Morgan fingerprint density at radius 3 is 2.60 bits per heavy atom. The van der Waals surface area contributed by atoms with Crippen LogP contribution in [0.4, 0.5) is 0 Å². The number of aromatic nitrogens is 2. The second-order valence-corrected chi connectivity index (χ2v) is 9.62. The van der Waals surface area contributed by atoms with E-state index in [0.717, 1.165) is 63.1 Å². The summed E-state index contributed by atoms with van der Waals surface area (Å²) in [6.45, 7) is 0. The zero-order valence-electron chi connectivity index (χ0n) is 19.7. The third kappa shape index (κ3) is 5.43. The van der Waals surface area contributed by atoms with E-state index in [1.807, 2.05) is 48.7 Å². The highest BCUT2D eigenvalue weighted by Gasteiger charge is 2.25. The second-order valence-electron chi connectivity index (χ2n) is 8.57. The van der Waals surface area contributed by atoms with Gasteiger partial charge in [-0.25, -0.2) is 4.98 Å². The van der Waals surface area contributed by atoms with Crippen LogP contribution in [0.3, 0.4) is 0 Å². The van der Waals surface area contributed by atoms with Crippen LogP contribution in [0.2, 0.25) is 0 Å². The van der Waals surface area contributed by atoms with Crippen molar-refractivity contribution in [1.29, 1.82) is 0 Å². The Kier molecular flexibility index (Phi) is 7.19. The first-order valence-corrected chi connectivity index (χ1v) is 12.8. The molecule has 0 radical (unpaired) electrons. The van der Waals surface area contributed by atoms with Gasteiger partial charge in [-0.3, -0.25) is 4.79 Å². The lowest BCUT2D eigenvalue weighted by molar-refractivity contribution is 0.0972. The van der Waals surface area contributed by atoms with Gasteiger partial charge in [0.2, 0.25) is 0 Å². The number of carbonyl (C=O) groups is 1. The van der Waals surface area contributed by atoms with Crippen molar-refractivity contribution in [2.24, 2.45) is 0 Å². The number of Topliss-reactive ketones (excluding diaryl/α,β-unsaturated/α-hetero) is 1. The first kappa shape index (κ1) is 23.2. The van der Waals surface area contributed by atoms with E-state index in [0.29, 0.717) is 12.8 Å². The van der Waals surface area contributed by atoms with E-state index in [1.165, 1.54) is 0 Å². The zero-order valence-corrected chi connectivity index (χ0v) is 20.5. The van der Waals surface area contributed by atoms with Crippen molar-refractivity contribution >= 4 is 17.5 Å². The SMILES string of the molecule is COc1ccc(SCc2c(O[C@@H](Cc3ncc[nH]3)c3ccccc3)ccc3c2CCCC3=O)cc1. The maximum absolute atomic E-state index is 12.7. The highest BCUT2D eigenvalue weighted by Crippen LogP contribution is 2.38. The number of H-pyrrole nitrogens is 1. The molecule has 1 aliphatic carbocycles. The molecule has 0 fully saturated rings. The molecular formula is C29H28N2O3S. The Balaban J connectivity index is 1.48. The molecule has 1 atom stereocenters. The fourth-order valence-corrected chi connectivity index (χ4v) is 5.46. The topological polar surface area (TPSA) is 64.2 Å². The predicted octanol–water partition coefficient (Wildman–Crippen LogP) is 6.59. The van der Waals surface area contributed by atoms with Gasteiger partial charge in [0.25, 0.3) is 0 Å². The lowest BCUT2D eigenvalue weighted by atomic mass is 9.87. The molecule has 178 valence electrons. The van der Waals surface area contributed by atoms with E-state index in [1.54, 1.807) is 25.1 Å². The molecular weight excluding hydrogens is 456 g/mol. The minimum absolute atomic E-state index is 0.204. The Hall–Kier alpha value is -3.51. The molecule has 1 heterocycles. The van der Waals surface area contributed by atoms with E-state index in [-0.39, 0.29) is 11.9 Å². The Morgan fingerprint density at radius 2 is 1.86 bits per heavy atom. The van der Waals surface area contributed by atoms with E-state index in [9.17, 15) is 4.79 Å². The number of thioether (sulfide) groups is 1. The molecule has 0 aliphatic heterocycles. The van der Waals surface area contributed by atoms with Gasteiger partial charge in [0.15, 0.2) is 5.78 Å². The number of hydrogen-bond donors (Lipinski definition) is 1. The van der Waals surface area contributed by atoms with Gasteiger partial charge in [0, 0.05) is 47.0 Å². The first-order chi connectivity index (χ1) is 17.2. The second kappa shape index (κ2) is 10.8. The number of aromatic amines is 1. The Bertz CT molecular complexity index is 1270. The molecule has 0 unspecified atom stereocenters. The van der Waals surface area contributed by atoms with Crippen LogP contribution in [0.1, 0.15) is 51.8 Å². The zero-order chi connectivity index (χ0) is 24.0. The summed E-state index contributed by atoms with van der Waals surface area (Å²) < 4.78 is 12.0. The van der Waals surface area contributed by atoms with Crippen LogP contribution in [-0.2, 0) is 18.6 Å². The number of imidazole rings is 1. The molecule has 0 bridgehead atoms. The van der Waals surface area contributed by atoms with Crippen LogP contribution >= 0.6 is 11.8 Å². The normalized spacial score (nSPS) is 13.8. The van der Waals surface area contributed by atoms with Crippen molar-refractivity contribution < 1.29 is 14.3 Å². The monoisotopic (exact) mass is 484 g/mol. The van der Waals surface area contributed by atoms with Gasteiger partial charge < -0.3 is 14.5 Å². The number of hydrogen-bond acceptors (Lipinski definition) is 5. The van der Waals surface area contributed by atoms with Crippen LogP contribution in [0.5, 0.6) is 11.5 Å². The van der Waals surface area contributed by atoms with Gasteiger partial charge in [-0.2, -0.15) is 0 Å². The van der Waals surface area contributed by atoms with E-state index in [4.69, 9.17) is 9.47 Å². The molecule has 4 aromatic rings. The minimum Gasteiger partial charge on any atom is -0.497 e. The molecule has 0 saturated heterocycles. The largest absolute Gasteiger partial charge is 0.497 e. The number of nitrogens with zero attached hydrogens (tertiary/aromatic N) is 1. The van der Waals surface area contributed by atoms with Crippen LogP contribution in [0.15, 0.2) is 84.0 Å². The van der Waals surface area contributed by atoms with Crippen LogP contribution in [0, 0.1) is 0 Å². The summed E-state index contributed by atoms with van der Waals surface area (Å²) in [4.78, 5) is 21.4.